The predicted molar refractivity (Wildman–Crippen MR) is 42.9 cm³/mol. The first-order chi connectivity index (χ1) is 5.57. The van der Waals surface area contributed by atoms with Crippen molar-refractivity contribution in [3.8, 4) is 0 Å². The molecule has 0 aromatic heterocycles. The van der Waals surface area contributed by atoms with E-state index in [1.165, 1.54) is 0 Å². The van der Waals surface area contributed by atoms with Gasteiger partial charge in [-0.3, -0.25) is 0 Å². The van der Waals surface area contributed by atoms with Crippen molar-refractivity contribution in [3.63, 3.8) is 0 Å². The van der Waals surface area contributed by atoms with Gasteiger partial charge in [0, 0.05) is 2.74 Å². The Kier molecular flexibility index (Phi) is 1.63. The first kappa shape index (κ1) is 5.59. The molecule has 0 aromatic rings. The minimum atomic E-state index is -0.497. The standard InChI is InChI=1S/C9H18O/c1-3-8(2)4-5-9(10)6-7-9/h8,10H,3-7H2,1-2H3/i1D,4D. The van der Waals surface area contributed by atoms with E-state index in [4.69, 9.17) is 2.74 Å². The molecular formula is C9H18O. The third-order valence-electron chi connectivity index (χ3n) is 2.18. The molecule has 0 radical (unpaired) electrons. The lowest BCUT2D eigenvalue weighted by Gasteiger charge is -2.10. The smallest absolute Gasteiger partial charge is 0.0650 e. The molecule has 60 valence electrons. The Morgan fingerprint density at radius 2 is 2.50 bits per heavy atom. The zero-order valence-electron chi connectivity index (χ0n) is 8.64. The molecule has 1 fully saturated rings. The molecule has 10 heavy (non-hydrogen) atoms. The Bertz CT molecular complexity index is 145. The summed E-state index contributed by atoms with van der Waals surface area (Å²) in [6, 6.07) is 0. The van der Waals surface area contributed by atoms with E-state index in [0.29, 0.717) is 13.3 Å². The highest BCUT2D eigenvalue weighted by Gasteiger charge is 2.39. The average molecular weight is 144 g/mol. The molecule has 0 amide bonds. The maximum Gasteiger partial charge on any atom is 0.0650 e. The number of hydrogen-bond acceptors (Lipinski definition) is 1. The first-order valence-corrected chi connectivity index (χ1v) is 4.01. The quantitative estimate of drug-likeness (QED) is 0.642. The molecule has 0 aromatic carbocycles. The van der Waals surface area contributed by atoms with Gasteiger partial charge >= 0.3 is 0 Å². The van der Waals surface area contributed by atoms with Gasteiger partial charge in [-0.05, 0) is 31.6 Å². The van der Waals surface area contributed by atoms with Crippen LogP contribution in [0.15, 0.2) is 0 Å². The Labute approximate surface area is 66.3 Å². The molecule has 0 spiro atoms. The van der Waals surface area contributed by atoms with Crippen LogP contribution in [0.4, 0.5) is 0 Å². The Balaban J connectivity index is 2.22. The van der Waals surface area contributed by atoms with Crippen LogP contribution in [0, 0.1) is 5.92 Å². The van der Waals surface area contributed by atoms with Crippen LogP contribution in [0.25, 0.3) is 0 Å². The Morgan fingerprint density at radius 1 is 1.80 bits per heavy atom. The van der Waals surface area contributed by atoms with E-state index in [0.717, 1.165) is 19.3 Å². The van der Waals surface area contributed by atoms with Gasteiger partial charge in [0.25, 0.3) is 0 Å². The van der Waals surface area contributed by atoms with Gasteiger partial charge in [0.2, 0.25) is 0 Å². The van der Waals surface area contributed by atoms with Crippen molar-refractivity contribution >= 4 is 0 Å². The van der Waals surface area contributed by atoms with Crippen molar-refractivity contribution in [2.24, 2.45) is 5.92 Å². The summed E-state index contributed by atoms with van der Waals surface area (Å²) in [4.78, 5) is 0. The van der Waals surface area contributed by atoms with E-state index >= 15 is 0 Å². The van der Waals surface area contributed by atoms with E-state index in [1.54, 1.807) is 0 Å². The summed E-state index contributed by atoms with van der Waals surface area (Å²) >= 11 is 0. The van der Waals surface area contributed by atoms with Gasteiger partial charge in [0.1, 0.15) is 0 Å². The number of aliphatic hydroxyl groups is 1. The molecule has 1 N–H and O–H groups in total. The average Bonchev–Trinajstić information content (AvgIpc) is 2.68. The largest absolute Gasteiger partial charge is 0.390 e. The van der Waals surface area contributed by atoms with Gasteiger partial charge in [-0.25, -0.2) is 0 Å². The van der Waals surface area contributed by atoms with Crippen LogP contribution in [0.2, 0.25) is 0 Å². The first-order valence-electron chi connectivity index (χ1n) is 5.30. The van der Waals surface area contributed by atoms with Crippen LogP contribution in [0.5, 0.6) is 0 Å². The minimum absolute atomic E-state index is 0.178. The van der Waals surface area contributed by atoms with Crippen molar-refractivity contribution in [1.29, 1.82) is 0 Å². The lowest BCUT2D eigenvalue weighted by molar-refractivity contribution is 0.131. The van der Waals surface area contributed by atoms with Crippen molar-refractivity contribution in [1.82, 2.24) is 0 Å². The summed E-state index contributed by atoms with van der Waals surface area (Å²) in [7, 11) is 0. The van der Waals surface area contributed by atoms with Crippen molar-refractivity contribution < 1.29 is 7.85 Å². The third-order valence-corrected chi connectivity index (χ3v) is 2.18. The zero-order valence-corrected chi connectivity index (χ0v) is 6.64. The molecule has 1 aliphatic rings. The normalized spacial score (nSPS) is 30.2. The zero-order chi connectivity index (χ0) is 9.19. The van der Waals surface area contributed by atoms with E-state index in [9.17, 15) is 5.11 Å². The van der Waals surface area contributed by atoms with Crippen LogP contribution in [-0.4, -0.2) is 10.7 Å². The summed E-state index contributed by atoms with van der Waals surface area (Å²) in [6.45, 7) is 2.40. The van der Waals surface area contributed by atoms with Gasteiger partial charge in [0.05, 0.1) is 5.60 Å². The van der Waals surface area contributed by atoms with Crippen LogP contribution in [0.1, 0.15) is 48.6 Å². The summed E-state index contributed by atoms with van der Waals surface area (Å²) < 4.78 is 14.8. The van der Waals surface area contributed by atoms with Crippen molar-refractivity contribution in [2.45, 2.75) is 51.5 Å². The van der Waals surface area contributed by atoms with Gasteiger partial charge < -0.3 is 5.11 Å². The van der Waals surface area contributed by atoms with E-state index in [-0.39, 0.29) is 12.3 Å². The minimum Gasteiger partial charge on any atom is -0.390 e. The van der Waals surface area contributed by atoms with Gasteiger partial charge in [0.15, 0.2) is 0 Å². The molecule has 0 aliphatic heterocycles. The number of rotatable bonds is 4. The van der Waals surface area contributed by atoms with Crippen molar-refractivity contribution in [3.05, 3.63) is 0 Å². The molecular weight excluding hydrogens is 124 g/mol. The van der Waals surface area contributed by atoms with Gasteiger partial charge in [-0.2, -0.15) is 0 Å². The second-order valence-corrected chi connectivity index (χ2v) is 3.43. The highest BCUT2D eigenvalue weighted by molar-refractivity contribution is 4.92. The maximum absolute atomic E-state index is 9.55. The van der Waals surface area contributed by atoms with Crippen LogP contribution < -0.4 is 0 Å². The molecule has 0 heterocycles. The SMILES string of the molecule is [2H]CCC(C)C([2H])CC1(O)CC1. The van der Waals surface area contributed by atoms with Crippen LogP contribution in [-0.2, 0) is 0 Å². The molecule has 1 saturated carbocycles. The molecule has 1 heteroatoms. The monoisotopic (exact) mass is 144 g/mol. The van der Waals surface area contributed by atoms with E-state index < -0.39 is 5.60 Å². The second kappa shape index (κ2) is 2.91. The fraction of sp³-hybridized carbons (Fsp3) is 1.00. The van der Waals surface area contributed by atoms with Crippen molar-refractivity contribution in [2.75, 3.05) is 0 Å². The van der Waals surface area contributed by atoms with Gasteiger partial charge in [-0.15, -0.1) is 0 Å². The fourth-order valence-electron chi connectivity index (χ4n) is 0.887. The van der Waals surface area contributed by atoms with E-state index in [2.05, 4.69) is 0 Å². The molecule has 1 nitrogen and oxygen atoms in total. The maximum atomic E-state index is 9.55. The summed E-state index contributed by atoms with van der Waals surface area (Å²) in [5, 5.41) is 9.55. The van der Waals surface area contributed by atoms with E-state index in [1.807, 2.05) is 6.92 Å². The molecule has 1 aliphatic carbocycles. The Hall–Kier alpha value is -0.0400. The van der Waals surface area contributed by atoms with Gasteiger partial charge in [-0.1, -0.05) is 20.2 Å². The number of hydrogen-bond donors (Lipinski definition) is 1. The molecule has 0 saturated heterocycles. The second-order valence-electron chi connectivity index (χ2n) is 3.43. The summed E-state index contributed by atoms with van der Waals surface area (Å²) in [5.74, 6) is 0.257. The predicted octanol–water partition coefficient (Wildman–Crippen LogP) is 2.34. The molecule has 2 unspecified atom stereocenters. The Morgan fingerprint density at radius 3 is 3.00 bits per heavy atom. The van der Waals surface area contributed by atoms with Crippen LogP contribution in [0.3, 0.4) is 0 Å². The highest BCUT2D eigenvalue weighted by Crippen LogP contribution is 2.40. The highest BCUT2D eigenvalue weighted by atomic mass is 16.3. The summed E-state index contributed by atoms with van der Waals surface area (Å²) in [6.07, 6.45) is 2.95. The molecule has 2 atom stereocenters. The lowest BCUT2D eigenvalue weighted by Crippen LogP contribution is -2.08. The molecule has 1 rings (SSSR count). The summed E-state index contributed by atoms with van der Waals surface area (Å²) in [5.41, 5.74) is -0.497. The lowest BCUT2D eigenvalue weighted by atomic mass is 10.00. The van der Waals surface area contributed by atoms with Crippen LogP contribution >= 0.6 is 0 Å². The topological polar surface area (TPSA) is 20.2 Å². The third kappa shape index (κ3) is 2.30. The fourth-order valence-corrected chi connectivity index (χ4v) is 0.887. The molecule has 0 bridgehead atoms.